The normalized spacial score (nSPS) is 19.2. The van der Waals surface area contributed by atoms with Gasteiger partial charge in [0.15, 0.2) is 0 Å². The molecule has 24 heavy (non-hydrogen) atoms. The Bertz CT molecular complexity index is 681. The second-order valence-electron chi connectivity index (χ2n) is 7.87. The quantitative estimate of drug-likeness (QED) is 0.574. The number of carbonyl (C=O) groups excluding carboxylic acids is 1. The summed E-state index contributed by atoms with van der Waals surface area (Å²) >= 11 is 0. The van der Waals surface area contributed by atoms with Crippen molar-refractivity contribution in [2.24, 2.45) is 4.99 Å². The van der Waals surface area contributed by atoms with Gasteiger partial charge in [-0.2, -0.15) is 0 Å². The lowest BCUT2D eigenvalue weighted by Crippen LogP contribution is -2.33. The lowest BCUT2D eigenvalue weighted by atomic mass is 9.63. The number of benzene rings is 1. The molecule has 0 saturated carbocycles. The molecule has 0 N–H and O–H groups in total. The van der Waals surface area contributed by atoms with Crippen LogP contribution in [0.5, 0.6) is 0 Å². The highest BCUT2D eigenvalue weighted by atomic mass is 16.5. The Kier molecular flexibility index (Phi) is 5.32. The molecular weight excluding hydrogens is 298 g/mol. The highest BCUT2D eigenvalue weighted by Crippen LogP contribution is 2.46. The van der Waals surface area contributed by atoms with Gasteiger partial charge in [-0.3, -0.25) is 4.99 Å². The van der Waals surface area contributed by atoms with Gasteiger partial charge in [-0.25, -0.2) is 4.79 Å². The van der Waals surface area contributed by atoms with Crippen molar-refractivity contribution in [3.8, 4) is 0 Å². The third kappa shape index (κ3) is 3.95. The summed E-state index contributed by atoms with van der Waals surface area (Å²) in [4.78, 5) is 15.4. The minimum atomic E-state index is -0.408. The third-order valence-electron chi connectivity index (χ3n) is 5.04. The van der Waals surface area contributed by atoms with E-state index in [4.69, 9.17) is 4.74 Å². The molecule has 0 aromatic heterocycles. The van der Waals surface area contributed by atoms with E-state index in [0.717, 1.165) is 11.1 Å². The van der Waals surface area contributed by atoms with Crippen LogP contribution in [0.4, 0.5) is 0 Å². The molecule has 1 aliphatic rings. The molecular formula is C21H29NO2. The molecule has 0 unspecified atom stereocenters. The Labute approximate surface area is 145 Å². The zero-order chi connectivity index (χ0) is 18.0. The minimum Gasteiger partial charge on any atom is -0.462 e. The van der Waals surface area contributed by atoms with Crippen LogP contribution >= 0.6 is 0 Å². The molecule has 0 bridgehead atoms. The van der Waals surface area contributed by atoms with Gasteiger partial charge in [-0.15, -0.1) is 0 Å². The van der Waals surface area contributed by atoms with Crippen LogP contribution in [0.2, 0.25) is 0 Å². The van der Waals surface area contributed by atoms with Crippen LogP contribution in [0.15, 0.2) is 29.4 Å². The first-order valence-electron chi connectivity index (χ1n) is 8.69. The lowest BCUT2D eigenvalue weighted by molar-refractivity contribution is -0.134. The fraction of sp³-hybridized carbons (Fsp3) is 0.524. The number of fused-ring (bicyclic) bond motifs is 1. The Morgan fingerprint density at radius 2 is 1.79 bits per heavy atom. The maximum Gasteiger partial charge on any atom is 0.349 e. The second kappa shape index (κ2) is 6.92. The number of esters is 1. The minimum absolute atomic E-state index is 0.190. The van der Waals surface area contributed by atoms with Crippen LogP contribution < -0.4 is 0 Å². The molecule has 1 aromatic carbocycles. The fourth-order valence-corrected chi connectivity index (χ4v) is 3.30. The Morgan fingerprint density at radius 1 is 1.17 bits per heavy atom. The maximum atomic E-state index is 11.3. The third-order valence-corrected chi connectivity index (χ3v) is 5.04. The fourth-order valence-electron chi connectivity index (χ4n) is 3.30. The molecule has 0 fully saturated rings. The summed E-state index contributed by atoms with van der Waals surface area (Å²) in [5.74, 6) is -0.408. The van der Waals surface area contributed by atoms with Gasteiger partial charge in [0, 0.05) is 6.20 Å². The van der Waals surface area contributed by atoms with E-state index in [-0.39, 0.29) is 10.8 Å². The van der Waals surface area contributed by atoms with Crippen molar-refractivity contribution in [1.82, 2.24) is 0 Å². The molecule has 0 aliphatic heterocycles. The first-order valence-corrected chi connectivity index (χ1v) is 8.69. The average molecular weight is 327 g/mol. The molecule has 3 nitrogen and oxygen atoms in total. The Hall–Kier alpha value is -1.90. The number of hydrogen-bond acceptors (Lipinski definition) is 3. The molecule has 1 aliphatic carbocycles. The standard InChI is InChI=1S/C21H29NO2/c1-7-24-19(23)14-22-13-15(2)16-8-9-17-18(12-16)21(5,6)11-10-20(17,3)4/h8-9,12-14H,7,10-11H2,1-6H3/b15-13+,22-14+. The van der Waals surface area contributed by atoms with Crippen molar-refractivity contribution in [2.75, 3.05) is 6.61 Å². The average Bonchev–Trinajstić information content (AvgIpc) is 2.52. The molecule has 0 amide bonds. The first-order chi connectivity index (χ1) is 11.2. The highest BCUT2D eigenvalue weighted by molar-refractivity contribution is 6.23. The number of nitrogens with zero attached hydrogens (tertiary/aromatic N) is 1. The van der Waals surface area contributed by atoms with Gasteiger partial charge in [0.05, 0.1) is 6.61 Å². The van der Waals surface area contributed by atoms with E-state index in [0.29, 0.717) is 6.61 Å². The van der Waals surface area contributed by atoms with Crippen LogP contribution in [0, 0.1) is 0 Å². The predicted octanol–water partition coefficient (Wildman–Crippen LogP) is 5.03. The van der Waals surface area contributed by atoms with E-state index in [1.54, 1.807) is 13.1 Å². The lowest BCUT2D eigenvalue weighted by Gasteiger charge is -2.42. The zero-order valence-corrected chi connectivity index (χ0v) is 15.8. The van der Waals surface area contributed by atoms with Gasteiger partial charge in [0.1, 0.15) is 6.21 Å². The van der Waals surface area contributed by atoms with Crippen LogP contribution in [0.3, 0.4) is 0 Å². The van der Waals surface area contributed by atoms with Crippen molar-refractivity contribution in [2.45, 2.75) is 65.2 Å². The number of allylic oxidation sites excluding steroid dienone is 1. The van der Waals surface area contributed by atoms with Crippen molar-refractivity contribution < 1.29 is 9.53 Å². The number of aliphatic imine (C=N–C) groups is 1. The van der Waals surface area contributed by atoms with Crippen molar-refractivity contribution in [3.63, 3.8) is 0 Å². The van der Waals surface area contributed by atoms with Crippen LogP contribution in [0.1, 0.15) is 71.1 Å². The Balaban J connectivity index is 2.32. The van der Waals surface area contributed by atoms with Crippen molar-refractivity contribution in [1.29, 1.82) is 0 Å². The summed E-state index contributed by atoms with van der Waals surface area (Å²) in [6, 6.07) is 6.72. The van der Waals surface area contributed by atoms with Gasteiger partial charge >= 0.3 is 5.97 Å². The van der Waals surface area contributed by atoms with Gasteiger partial charge < -0.3 is 4.74 Å². The zero-order valence-electron chi connectivity index (χ0n) is 15.8. The number of ether oxygens (including phenoxy) is 1. The summed E-state index contributed by atoms with van der Waals surface area (Å²) in [6.45, 7) is 13.5. The summed E-state index contributed by atoms with van der Waals surface area (Å²) < 4.78 is 4.84. The van der Waals surface area contributed by atoms with Gasteiger partial charge in [-0.1, -0.05) is 45.9 Å². The van der Waals surface area contributed by atoms with E-state index >= 15 is 0 Å². The predicted molar refractivity (Wildman–Crippen MR) is 101 cm³/mol. The monoisotopic (exact) mass is 327 g/mol. The van der Waals surface area contributed by atoms with Gasteiger partial charge in [-0.05, 0) is 59.8 Å². The second-order valence-corrected chi connectivity index (χ2v) is 7.87. The largest absolute Gasteiger partial charge is 0.462 e. The summed E-state index contributed by atoms with van der Waals surface area (Å²) in [6.07, 6.45) is 5.35. The van der Waals surface area contributed by atoms with E-state index in [1.165, 1.54) is 30.2 Å². The topological polar surface area (TPSA) is 38.7 Å². The van der Waals surface area contributed by atoms with E-state index in [1.807, 2.05) is 6.92 Å². The van der Waals surface area contributed by atoms with E-state index in [9.17, 15) is 4.79 Å². The molecule has 0 heterocycles. The van der Waals surface area contributed by atoms with Gasteiger partial charge in [0.2, 0.25) is 0 Å². The summed E-state index contributed by atoms with van der Waals surface area (Å²) in [5.41, 5.74) is 5.49. The summed E-state index contributed by atoms with van der Waals surface area (Å²) in [5, 5.41) is 0. The molecule has 0 spiro atoms. The van der Waals surface area contributed by atoms with E-state index < -0.39 is 5.97 Å². The maximum absolute atomic E-state index is 11.3. The first kappa shape index (κ1) is 18.4. The van der Waals surface area contributed by atoms with Crippen LogP contribution in [-0.2, 0) is 20.4 Å². The molecule has 1 aromatic rings. The van der Waals surface area contributed by atoms with Crippen molar-refractivity contribution in [3.05, 3.63) is 41.1 Å². The van der Waals surface area contributed by atoms with Crippen LogP contribution in [0.25, 0.3) is 5.57 Å². The molecule has 130 valence electrons. The highest BCUT2D eigenvalue weighted by Gasteiger charge is 2.36. The number of rotatable bonds is 4. The number of hydrogen-bond donors (Lipinski definition) is 0. The van der Waals surface area contributed by atoms with Gasteiger partial charge in [0.25, 0.3) is 0 Å². The molecule has 2 rings (SSSR count). The van der Waals surface area contributed by atoms with E-state index in [2.05, 4.69) is 50.9 Å². The summed E-state index contributed by atoms with van der Waals surface area (Å²) in [7, 11) is 0. The molecule has 0 atom stereocenters. The van der Waals surface area contributed by atoms with Crippen molar-refractivity contribution >= 4 is 17.8 Å². The van der Waals surface area contributed by atoms with Crippen LogP contribution in [-0.4, -0.2) is 18.8 Å². The molecule has 0 saturated heterocycles. The number of carbonyl (C=O) groups is 1. The SMILES string of the molecule is CCOC(=O)/C=N/C=C(\C)c1ccc2c(c1)C(C)(C)CCC2(C)C. The Morgan fingerprint density at radius 3 is 2.42 bits per heavy atom. The smallest absolute Gasteiger partial charge is 0.349 e. The molecule has 0 radical (unpaired) electrons. The molecule has 3 heteroatoms.